The number of nitrogens with one attached hydrogen (secondary N) is 2. The van der Waals surface area contributed by atoms with Gasteiger partial charge in [-0.15, -0.1) is 6.42 Å². The lowest BCUT2D eigenvalue weighted by Crippen LogP contribution is -2.26. The molecule has 1 aromatic carbocycles. The van der Waals surface area contributed by atoms with Crippen molar-refractivity contribution in [3.05, 3.63) is 29.3 Å². The van der Waals surface area contributed by atoms with Gasteiger partial charge in [0.1, 0.15) is 5.75 Å². The fourth-order valence-corrected chi connectivity index (χ4v) is 1.97. The smallest absolute Gasteiger partial charge is 0.410 e. The molecule has 4 heteroatoms. The number of hydrogen-bond acceptors (Lipinski definition) is 3. The minimum Gasteiger partial charge on any atom is -0.410 e. The van der Waals surface area contributed by atoms with Crippen molar-refractivity contribution < 1.29 is 9.53 Å². The molecule has 0 aliphatic heterocycles. The molecule has 20 heavy (non-hydrogen) atoms. The Kier molecular flexibility index (Phi) is 6.61. The van der Waals surface area contributed by atoms with Gasteiger partial charge in [0.2, 0.25) is 0 Å². The summed E-state index contributed by atoms with van der Waals surface area (Å²) in [6.45, 7) is 7.03. The standard InChI is InChI=1S/C16H22N2O2/c1-5-10-18-12(4)15-11-14(9-8-13(15)6-2)20-16(19)17-7-3/h1,8-9,11-12,18H,6-7,10H2,2-4H3,(H,17,19). The second-order valence-electron chi connectivity index (χ2n) is 4.44. The maximum absolute atomic E-state index is 11.4. The molecule has 1 amide bonds. The molecule has 1 aromatic rings. The summed E-state index contributed by atoms with van der Waals surface area (Å²) in [5.41, 5.74) is 2.31. The molecule has 0 radical (unpaired) electrons. The van der Waals surface area contributed by atoms with Crippen molar-refractivity contribution in [1.82, 2.24) is 10.6 Å². The predicted molar refractivity (Wildman–Crippen MR) is 80.8 cm³/mol. The van der Waals surface area contributed by atoms with Crippen molar-refractivity contribution in [2.75, 3.05) is 13.1 Å². The summed E-state index contributed by atoms with van der Waals surface area (Å²) < 4.78 is 5.23. The molecule has 108 valence electrons. The molecule has 4 nitrogen and oxygen atoms in total. The van der Waals surface area contributed by atoms with Gasteiger partial charge in [0.25, 0.3) is 0 Å². The molecule has 0 heterocycles. The Bertz CT molecular complexity index is 492. The zero-order chi connectivity index (χ0) is 15.0. The fourth-order valence-electron chi connectivity index (χ4n) is 1.97. The van der Waals surface area contributed by atoms with Crippen LogP contribution in [0.4, 0.5) is 4.79 Å². The summed E-state index contributed by atoms with van der Waals surface area (Å²) in [6, 6.07) is 5.80. The largest absolute Gasteiger partial charge is 0.412 e. The molecular formula is C16H22N2O2. The van der Waals surface area contributed by atoms with E-state index in [-0.39, 0.29) is 6.04 Å². The molecule has 1 atom stereocenters. The van der Waals surface area contributed by atoms with Crippen LogP contribution in [0.25, 0.3) is 0 Å². The van der Waals surface area contributed by atoms with Gasteiger partial charge in [-0.2, -0.15) is 0 Å². The van der Waals surface area contributed by atoms with E-state index in [9.17, 15) is 4.79 Å². The van der Waals surface area contributed by atoms with Crippen molar-refractivity contribution in [3.8, 4) is 18.1 Å². The van der Waals surface area contributed by atoms with Crippen LogP contribution in [0.1, 0.15) is 37.9 Å². The highest BCUT2D eigenvalue weighted by atomic mass is 16.5. The van der Waals surface area contributed by atoms with E-state index in [0.717, 1.165) is 12.0 Å². The van der Waals surface area contributed by atoms with Crippen molar-refractivity contribution in [2.24, 2.45) is 0 Å². The molecule has 0 aliphatic carbocycles. The van der Waals surface area contributed by atoms with Gasteiger partial charge in [-0.05, 0) is 43.5 Å². The number of carbonyl (C=O) groups is 1. The monoisotopic (exact) mass is 274 g/mol. The van der Waals surface area contributed by atoms with Crippen LogP contribution in [0.5, 0.6) is 5.75 Å². The second kappa shape index (κ2) is 8.23. The lowest BCUT2D eigenvalue weighted by atomic mass is 9.99. The van der Waals surface area contributed by atoms with E-state index in [1.807, 2.05) is 32.0 Å². The molecule has 0 saturated carbocycles. The van der Waals surface area contributed by atoms with Crippen LogP contribution >= 0.6 is 0 Å². The number of aryl methyl sites for hydroxylation is 1. The number of terminal acetylenes is 1. The van der Waals surface area contributed by atoms with Gasteiger partial charge < -0.3 is 10.1 Å². The minimum absolute atomic E-state index is 0.110. The normalized spacial score (nSPS) is 11.5. The highest BCUT2D eigenvalue weighted by Crippen LogP contribution is 2.24. The number of hydrogen-bond donors (Lipinski definition) is 2. The SMILES string of the molecule is C#CCNC(C)c1cc(OC(=O)NCC)ccc1CC. The van der Waals surface area contributed by atoms with E-state index in [0.29, 0.717) is 18.8 Å². The summed E-state index contributed by atoms with van der Waals surface area (Å²) in [5, 5.41) is 5.84. The molecule has 1 rings (SSSR count). The first-order valence-electron chi connectivity index (χ1n) is 6.87. The van der Waals surface area contributed by atoms with Gasteiger partial charge in [0.15, 0.2) is 0 Å². The van der Waals surface area contributed by atoms with Crippen molar-refractivity contribution in [2.45, 2.75) is 33.2 Å². The molecule has 0 spiro atoms. The van der Waals surface area contributed by atoms with Crippen LogP contribution in [0.15, 0.2) is 18.2 Å². The Morgan fingerprint density at radius 3 is 2.80 bits per heavy atom. The van der Waals surface area contributed by atoms with E-state index < -0.39 is 6.09 Å². The first-order chi connectivity index (χ1) is 9.62. The zero-order valence-corrected chi connectivity index (χ0v) is 12.3. The van der Waals surface area contributed by atoms with E-state index in [1.165, 1.54) is 5.56 Å². The van der Waals surface area contributed by atoms with E-state index in [4.69, 9.17) is 11.2 Å². The number of ether oxygens (including phenoxy) is 1. The van der Waals surface area contributed by atoms with Crippen molar-refractivity contribution >= 4 is 6.09 Å². The van der Waals surface area contributed by atoms with Crippen LogP contribution in [-0.4, -0.2) is 19.2 Å². The average Bonchev–Trinajstić information content (AvgIpc) is 2.44. The summed E-state index contributed by atoms with van der Waals surface area (Å²) in [5.74, 6) is 3.10. The number of benzene rings is 1. The third-order valence-corrected chi connectivity index (χ3v) is 3.01. The predicted octanol–water partition coefficient (Wildman–Crippen LogP) is 2.64. The van der Waals surface area contributed by atoms with Crippen LogP contribution in [-0.2, 0) is 6.42 Å². The van der Waals surface area contributed by atoms with Gasteiger partial charge in [0.05, 0.1) is 6.54 Å². The first-order valence-corrected chi connectivity index (χ1v) is 6.87. The lowest BCUT2D eigenvalue weighted by molar-refractivity contribution is 0.201. The molecule has 0 saturated heterocycles. The lowest BCUT2D eigenvalue weighted by Gasteiger charge is -2.17. The molecule has 2 N–H and O–H groups in total. The van der Waals surface area contributed by atoms with Gasteiger partial charge in [-0.25, -0.2) is 4.79 Å². The quantitative estimate of drug-likeness (QED) is 0.784. The van der Waals surface area contributed by atoms with Crippen LogP contribution in [0, 0.1) is 12.3 Å². The molecule has 0 fully saturated rings. The molecule has 0 aliphatic rings. The van der Waals surface area contributed by atoms with E-state index in [1.54, 1.807) is 0 Å². The highest BCUT2D eigenvalue weighted by molar-refractivity contribution is 5.70. The maximum Gasteiger partial charge on any atom is 0.412 e. The number of rotatable bonds is 6. The highest BCUT2D eigenvalue weighted by Gasteiger charge is 2.12. The summed E-state index contributed by atoms with van der Waals surface area (Å²) in [6.07, 6.45) is 5.74. The Balaban J connectivity index is 2.90. The van der Waals surface area contributed by atoms with Crippen molar-refractivity contribution in [1.29, 1.82) is 0 Å². The fraction of sp³-hybridized carbons (Fsp3) is 0.438. The third kappa shape index (κ3) is 4.60. The van der Waals surface area contributed by atoms with Gasteiger partial charge in [0, 0.05) is 12.6 Å². The Hall–Kier alpha value is -1.99. The van der Waals surface area contributed by atoms with Gasteiger partial charge in [-0.3, -0.25) is 5.32 Å². The second-order valence-corrected chi connectivity index (χ2v) is 4.44. The van der Waals surface area contributed by atoms with E-state index in [2.05, 4.69) is 23.5 Å². The Morgan fingerprint density at radius 2 is 2.20 bits per heavy atom. The van der Waals surface area contributed by atoms with Gasteiger partial charge >= 0.3 is 6.09 Å². The van der Waals surface area contributed by atoms with E-state index >= 15 is 0 Å². The topological polar surface area (TPSA) is 50.4 Å². The summed E-state index contributed by atoms with van der Waals surface area (Å²) in [7, 11) is 0. The maximum atomic E-state index is 11.4. The Morgan fingerprint density at radius 1 is 1.45 bits per heavy atom. The van der Waals surface area contributed by atoms with Gasteiger partial charge in [-0.1, -0.05) is 18.9 Å². The summed E-state index contributed by atoms with van der Waals surface area (Å²) >= 11 is 0. The zero-order valence-electron chi connectivity index (χ0n) is 12.3. The molecule has 0 bridgehead atoms. The molecule has 0 aromatic heterocycles. The molecular weight excluding hydrogens is 252 g/mol. The van der Waals surface area contributed by atoms with Crippen LogP contribution in [0.2, 0.25) is 0 Å². The summed E-state index contributed by atoms with van der Waals surface area (Å²) in [4.78, 5) is 11.4. The molecule has 1 unspecified atom stereocenters. The first kappa shape index (κ1) is 16.1. The van der Waals surface area contributed by atoms with Crippen LogP contribution in [0.3, 0.4) is 0 Å². The third-order valence-electron chi connectivity index (χ3n) is 3.01. The minimum atomic E-state index is -0.438. The number of amides is 1. The Labute approximate surface area is 120 Å². The van der Waals surface area contributed by atoms with Crippen molar-refractivity contribution in [3.63, 3.8) is 0 Å². The number of carbonyl (C=O) groups excluding carboxylic acids is 1. The van der Waals surface area contributed by atoms with Crippen LogP contribution < -0.4 is 15.4 Å². The average molecular weight is 274 g/mol.